The van der Waals surface area contributed by atoms with Gasteiger partial charge in [-0.05, 0) is 77.3 Å². The summed E-state index contributed by atoms with van der Waals surface area (Å²) in [5.41, 5.74) is 10.7. The van der Waals surface area contributed by atoms with E-state index in [4.69, 9.17) is 4.98 Å². The number of hydrogen-bond acceptors (Lipinski definition) is 1. The fourth-order valence-electron chi connectivity index (χ4n) is 6.47. The fraction of sp³-hybridized carbons (Fsp3) is 0.154. The molecule has 0 radical (unpaired) electrons. The Labute approximate surface area is 247 Å². The number of H-pyrrole nitrogens is 1. The number of benzene rings is 3. The van der Waals surface area contributed by atoms with Crippen molar-refractivity contribution in [1.29, 1.82) is 0 Å². The molecule has 3 nitrogen and oxygen atoms in total. The summed E-state index contributed by atoms with van der Waals surface area (Å²) >= 11 is 0. The van der Waals surface area contributed by atoms with E-state index in [9.17, 15) is 0 Å². The Bertz CT molecular complexity index is 2040. The third kappa shape index (κ3) is 4.52. The summed E-state index contributed by atoms with van der Waals surface area (Å²) in [6.07, 6.45) is 23.7. The molecule has 3 aliphatic rings. The minimum absolute atomic E-state index is 0.292. The zero-order chi connectivity index (χ0) is 28.5. The number of para-hydroxylation sites is 3. The van der Waals surface area contributed by atoms with Gasteiger partial charge < -0.3 is 9.55 Å². The minimum atomic E-state index is 0.292. The van der Waals surface area contributed by atoms with Gasteiger partial charge in [-0.25, -0.2) is 4.98 Å². The van der Waals surface area contributed by atoms with Crippen molar-refractivity contribution in [1.82, 2.24) is 14.5 Å². The molecule has 1 unspecified atom stereocenters. The van der Waals surface area contributed by atoms with Crippen molar-refractivity contribution in [3.63, 3.8) is 0 Å². The molecule has 5 aromatic rings. The highest BCUT2D eigenvalue weighted by Gasteiger charge is 2.22. The quantitative estimate of drug-likeness (QED) is 0.235. The topological polar surface area (TPSA) is 33.6 Å². The van der Waals surface area contributed by atoms with E-state index in [1.54, 1.807) is 0 Å². The van der Waals surface area contributed by atoms with Gasteiger partial charge in [-0.15, -0.1) is 0 Å². The predicted molar refractivity (Wildman–Crippen MR) is 180 cm³/mol. The molecule has 0 fully saturated rings. The lowest BCUT2D eigenvalue weighted by Gasteiger charge is -2.23. The Balaban J connectivity index is 0.00000141. The molecule has 3 aromatic carbocycles. The molecule has 0 amide bonds. The smallest absolute Gasteiger partial charge is 0.0871 e. The maximum Gasteiger partial charge on any atom is 0.0871 e. The number of hydrogen-bond donors (Lipinski definition) is 1. The van der Waals surface area contributed by atoms with E-state index >= 15 is 0 Å². The number of aromatic nitrogens is 3. The fourth-order valence-corrected chi connectivity index (χ4v) is 6.47. The lowest BCUT2D eigenvalue weighted by Crippen LogP contribution is -2.11. The van der Waals surface area contributed by atoms with Gasteiger partial charge in [0.1, 0.15) is 0 Å². The molecule has 8 rings (SSSR count). The van der Waals surface area contributed by atoms with E-state index in [-0.39, 0.29) is 0 Å². The third-order valence-corrected chi connectivity index (χ3v) is 8.41. The third-order valence-electron chi connectivity index (χ3n) is 8.41. The number of fused-ring (bicyclic) bond motifs is 4. The summed E-state index contributed by atoms with van der Waals surface area (Å²) < 4.78 is 2.54. The zero-order valence-electron chi connectivity index (χ0n) is 24.2. The van der Waals surface area contributed by atoms with Gasteiger partial charge in [0.25, 0.3) is 0 Å². The van der Waals surface area contributed by atoms with E-state index in [1.165, 1.54) is 38.7 Å². The molecular weight excluding hydrogens is 510 g/mol. The first-order chi connectivity index (χ1) is 20.8. The van der Waals surface area contributed by atoms with Crippen LogP contribution in [0.3, 0.4) is 0 Å². The van der Waals surface area contributed by atoms with Crippen molar-refractivity contribution >= 4 is 50.9 Å². The van der Waals surface area contributed by atoms with Crippen LogP contribution in [0.15, 0.2) is 121 Å². The molecule has 0 saturated carbocycles. The van der Waals surface area contributed by atoms with E-state index in [0.717, 1.165) is 46.9 Å². The molecule has 0 aliphatic heterocycles. The van der Waals surface area contributed by atoms with E-state index in [2.05, 4.69) is 125 Å². The number of aryl methyl sites for hydroxylation is 1. The molecule has 2 aromatic heterocycles. The summed E-state index contributed by atoms with van der Waals surface area (Å²) in [5.74, 6) is 0. The van der Waals surface area contributed by atoms with Gasteiger partial charge in [-0.1, -0.05) is 105 Å². The van der Waals surface area contributed by atoms with Gasteiger partial charge in [-0.3, -0.25) is 0 Å². The molecule has 0 saturated heterocycles. The first-order valence-corrected chi connectivity index (χ1v) is 15.1. The second-order valence-electron chi connectivity index (χ2n) is 10.8. The van der Waals surface area contributed by atoms with Gasteiger partial charge in [0, 0.05) is 28.2 Å². The summed E-state index contributed by atoms with van der Waals surface area (Å²) in [6.45, 7) is 4.00. The van der Waals surface area contributed by atoms with Crippen LogP contribution in [-0.4, -0.2) is 14.5 Å². The molecule has 0 spiro atoms. The number of rotatable bonds is 2. The van der Waals surface area contributed by atoms with Crippen molar-refractivity contribution in [3.05, 3.63) is 143 Å². The Morgan fingerprint density at radius 3 is 2.43 bits per heavy atom. The van der Waals surface area contributed by atoms with E-state index in [0.29, 0.717) is 6.04 Å². The van der Waals surface area contributed by atoms with Crippen LogP contribution in [0.4, 0.5) is 0 Å². The second kappa shape index (κ2) is 11.2. The number of allylic oxidation sites excluding steroid dienone is 7. The molecule has 206 valence electrons. The Morgan fingerprint density at radius 1 is 0.786 bits per heavy atom. The Morgan fingerprint density at radius 2 is 1.57 bits per heavy atom. The molecule has 3 aliphatic carbocycles. The van der Waals surface area contributed by atoms with E-state index < -0.39 is 0 Å². The van der Waals surface area contributed by atoms with Crippen LogP contribution >= 0.6 is 0 Å². The highest BCUT2D eigenvalue weighted by atomic mass is 15.0. The Kier molecular flexibility index (Phi) is 6.93. The number of nitrogens with zero attached hydrogens (tertiary/aromatic N) is 2. The number of aromatic amines is 1. The van der Waals surface area contributed by atoms with Crippen LogP contribution in [0.1, 0.15) is 55.2 Å². The average Bonchev–Trinajstić information content (AvgIpc) is 3.39. The highest BCUT2D eigenvalue weighted by molar-refractivity contribution is 5.97. The molecule has 2 bridgehead atoms. The van der Waals surface area contributed by atoms with Crippen LogP contribution in [0.25, 0.3) is 50.9 Å². The van der Waals surface area contributed by atoms with Gasteiger partial charge in [-0.2, -0.15) is 0 Å². The van der Waals surface area contributed by atoms with Gasteiger partial charge >= 0.3 is 0 Å². The first kappa shape index (κ1) is 26.0. The van der Waals surface area contributed by atoms with Crippen LogP contribution < -0.4 is 0 Å². The monoisotopic (exact) mass is 545 g/mol. The van der Waals surface area contributed by atoms with Crippen LogP contribution in [0.2, 0.25) is 0 Å². The van der Waals surface area contributed by atoms with Crippen molar-refractivity contribution in [3.8, 4) is 0 Å². The van der Waals surface area contributed by atoms with E-state index in [1.807, 2.05) is 26.0 Å². The lowest BCUT2D eigenvalue weighted by atomic mass is 9.93. The summed E-state index contributed by atoms with van der Waals surface area (Å²) in [6, 6.07) is 26.0. The van der Waals surface area contributed by atoms with Crippen molar-refractivity contribution < 1.29 is 0 Å². The highest BCUT2D eigenvalue weighted by Crippen LogP contribution is 2.38. The second-order valence-corrected chi connectivity index (χ2v) is 10.8. The molecule has 1 atom stereocenters. The molecule has 3 heteroatoms. The SMILES string of the molecule is C1=Cc2c(c3ccccc3n2C2C=CC(C3=C/c4nc5ccccc5[nH]cc(c5ccccc45)/C=C\3)=CC2)CC1.CC. The van der Waals surface area contributed by atoms with Crippen LogP contribution in [-0.2, 0) is 6.42 Å². The molecule has 42 heavy (non-hydrogen) atoms. The summed E-state index contributed by atoms with van der Waals surface area (Å²) in [5, 5.41) is 3.72. The number of nitrogens with one attached hydrogen (secondary N) is 1. The maximum atomic E-state index is 5.19. The zero-order valence-corrected chi connectivity index (χ0v) is 24.2. The van der Waals surface area contributed by atoms with Gasteiger partial charge in [0.15, 0.2) is 0 Å². The first-order valence-electron chi connectivity index (χ1n) is 15.1. The van der Waals surface area contributed by atoms with Crippen molar-refractivity contribution in [2.75, 3.05) is 0 Å². The Hall–Kier alpha value is -4.89. The average molecular weight is 546 g/mol. The molecule has 1 N–H and O–H groups in total. The van der Waals surface area contributed by atoms with Gasteiger partial charge in [0.2, 0.25) is 0 Å². The maximum absolute atomic E-state index is 5.19. The summed E-state index contributed by atoms with van der Waals surface area (Å²) in [7, 11) is 0. The van der Waals surface area contributed by atoms with Crippen LogP contribution in [0.5, 0.6) is 0 Å². The normalized spacial score (nSPS) is 18.8. The molecular formula is C39H35N3. The van der Waals surface area contributed by atoms with Gasteiger partial charge in [0.05, 0.1) is 22.8 Å². The molecule has 2 heterocycles. The largest absolute Gasteiger partial charge is 0.359 e. The minimum Gasteiger partial charge on any atom is -0.359 e. The van der Waals surface area contributed by atoms with Crippen molar-refractivity contribution in [2.45, 2.75) is 39.2 Å². The predicted octanol–water partition coefficient (Wildman–Crippen LogP) is 10.3. The van der Waals surface area contributed by atoms with Crippen molar-refractivity contribution in [2.24, 2.45) is 0 Å². The lowest BCUT2D eigenvalue weighted by molar-refractivity contribution is 0.619. The summed E-state index contributed by atoms with van der Waals surface area (Å²) in [4.78, 5) is 8.69. The standard InChI is InChI=1S/C37H29N3.C2H6/c1-2-10-30-29(9-1)27-18-17-26(23-35(30)39-34-14-6-5-13-33(34)38-24-27)25-19-21-28(22-20-25)40-36-15-7-3-11-31(36)32-12-4-8-16-37(32)40;1-2/h1-3,5-11,13-21,23-24,28,38H,4,12,22H2;1-2H3/b18-17-,26-23+,27-24?,39-35?;. The van der Waals surface area contributed by atoms with Crippen LogP contribution in [0, 0.1) is 0 Å².